The van der Waals surface area contributed by atoms with E-state index >= 15 is 0 Å². The summed E-state index contributed by atoms with van der Waals surface area (Å²) in [5, 5.41) is 7.53. The molecule has 10 heteroatoms. The second kappa shape index (κ2) is 6.73. The standard InChI is InChI=1S/C18H14N4O4S2/c23-27(24,21-13-1-11-19-21)17-7-3-15(4-8-17)16-5-9-18(10-6-16)28(25,26)22-14-2-12-20-22/h1-14H. The maximum Gasteiger partial charge on any atom is 0.282 e. The monoisotopic (exact) mass is 414 g/mol. The second-order valence-corrected chi connectivity index (χ2v) is 9.41. The van der Waals surface area contributed by atoms with E-state index in [1.165, 1.54) is 61.2 Å². The summed E-state index contributed by atoms with van der Waals surface area (Å²) in [6.45, 7) is 0. The van der Waals surface area contributed by atoms with Gasteiger partial charge in [0, 0.05) is 12.4 Å². The second-order valence-electron chi connectivity index (χ2n) is 5.82. The molecule has 0 radical (unpaired) electrons. The molecule has 0 saturated heterocycles. The number of rotatable bonds is 5. The molecule has 0 fully saturated rings. The topological polar surface area (TPSA) is 104 Å². The van der Waals surface area contributed by atoms with E-state index in [0.29, 0.717) is 0 Å². The molecule has 8 nitrogen and oxygen atoms in total. The van der Waals surface area contributed by atoms with Crippen molar-refractivity contribution < 1.29 is 16.8 Å². The molecule has 4 aromatic rings. The van der Waals surface area contributed by atoms with E-state index in [-0.39, 0.29) is 9.79 Å². The molecule has 28 heavy (non-hydrogen) atoms. The Labute approximate surface area is 161 Å². The minimum atomic E-state index is -3.73. The van der Waals surface area contributed by atoms with Crippen LogP contribution >= 0.6 is 0 Å². The first-order chi connectivity index (χ1) is 13.4. The van der Waals surface area contributed by atoms with Crippen LogP contribution in [0.2, 0.25) is 0 Å². The third-order valence-corrected chi connectivity index (χ3v) is 7.24. The van der Waals surface area contributed by atoms with Crippen LogP contribution in [0.3, 0.4) is 0 Å². The van der Waals surface area contributed by atoms with Gasteiger partial charge in [-0.05, 0) is 47.5 Å². The Hall–Kier alpha value is -3.24. The smallest absolute Gasteiger partial charge is 0.199 e. The van der Waals surface area contributed by atoms with Crippen molar-refractivity contribution in [3.8, 4) is 11.1 Å². The third kappa shape index (κ3) is 3.12. The van der Waals surface area contributed by atoms with Crippen molar-refractivity contribution in [2.24, 2.45) is 0 Å². The molecule has 2 aromatic heterocycles. The fraction of sp³-hybridized carbons (Fsp3) is 0. The van der Waals surface area contributed by atoms with E-state index in [2.05, 4.69) is 10.2 Å². The third-order valence-electron chi connectivity index (χ3n) is 4.09. The molecular formula is C18H14N4O4S2. The van der Waals surface area contributed by atoms with Gasteiger partial charge in [-0.2, -0.15) is 35.2 Å². The molecule has 0 amide bonds. The SMILES string of the molecule is O=S(=O)(c1ccc(-c2ccc(S(=O)(=O)n3cccn3)cc2)cc1)n1cccn1. The van der Waals surface area contributed by atoms with Crippen LogP contribution in [0.1, 0.15) is 0 Å². The lowest BCUT2D eigenvalue weighted by Crippen LogP contribution is -2.13. The average molecular weight is 414 g/mol. The summed E-state index contributed by atoms with van der Waals surface area (Å²) >= 11 is 0. The summed E-state index contributed by atoms with van der Waals surface area (Å²) in [6.07, 6.45) is 5.51. The van der Waals surface area contributed by atoms with Crippen LogP contribution < -0.4 is 0 Å². The lowest BCUT2D eigenvalue weighted by molar-refractivity contribution is 0.578. The van der Waals surface area contributed by atoms with Crippen molar-refractivity contribution in [2.75, 3.05) is 0 Å². The highest BCUT2D eigenvalue weighted by Crippen LogP contribution is 2.24. The van der Waals surface area contributed by atoms with Crippen LogP contribution in [0.15, 0.2) is 95.2 Å². The quantitative estimate of drug-likeness (QED) is 0.496. The Morgan fingerprint density at radius 3 is 1.21 bits per heavy atom. The van der Waals surface area contributed by atoms with Gasteiger partial charge in [0.1, 0.15) is 0 Å². The number of nitrogens with zero attached hydrogens (tertiary/aromatic N) is 4. The van der Waals surface area contributed by atoms with Crippen LogP contribution in [0.25, 0.3) is 11.1 Å². The molecule has 0 saturated carbocycles. The molecule has 2 aromatic carbocycles. The van der Waals surface area contributed by atoms with Crippen LogP contribution in [-0.2, 0) is 20.0 Å². The van der Waals surface area contributed by atoms with Gasteiger partial charge in [-0.1, -0.05) is 24.3 Å². The fourth-order valence-corrected chi connectivity index (χ4v) is 4.86. The maximum absolute atomic E-state index is 12.4. The molecule has 0 aliphatic heterocycles. The highest BCUT2D eigenvalue weighted by molar-refractivity contribution is 7.90. The molecule has 0 aliphatic rings. The highest BCUT2D eigenvalue weighted by Gasteiger charge is 2.18. The van der Waals surface area contributed by atoms with Gasteiger partial charge in [0.15, 0.2) is 0 Å². The van der Waals surface area contributed by atoms with Crippen molar-refractivity contribution in [3.63, 3.8) is 0 Å². The first-order valence-electron chi connectivity index (χ1n) is 8.10. The molecule has 0 spiro atoms. The molecule has 0 bridgehead atoms. The van der Waals surface area contributed by atoms with Gasteiger partial charge in [-0.25, -0.2) is 0 Å². The maximum atomic E-state index is 12.4. The Morgan fingerprint density at radius 1 is 0.571 bits per heavy atom. The molecule has 142 valence electrons. The van der Waals surface area contributed by atoms with E-state index in [4.69, 9.17) is 0 Å². The van der Waals surface area contributed by atoms with Crippen molar-refractivity contribution in [3.05, 3.63) is 85.5 Å². The molecule has 0 N–H and O–H groups in total. The van der Waals surface area contributed by atoms with Gasteiger partial charge in [-0.3, -0.25) is 0 Å². The normalized spacial score (nSPS) is 12.1. The molecular weight excluding hydrogens is 400 g/mol. The van der Waals surface area contributed by atoms with Gasteiger partial charge in [-0.15, -0.1) is 0 Å². The van der Waals surface area contributed by atoms with Crippen LogP contribution in [-0.4, -0.2) is 35.2 Å². The Kier molecular flexibility index (Phi) is 4.36. The van der Waals surface area contributed by atoms with Gasteiger partial charge in [0.05, 0.1) is 22.2 Å². The predicted molar refractivity (Wildman–Crippen MR) is 101 cm³/mol. The highest BCUT2D eigenvalue weighted by atomic mass is 32.2. The van der Waals surface area contributed by atoms with Crippen molar-refractivity contribution in [1.82, 2.24) is 18.4 Å². The van der Waals surface area contributed by atoms with Gasteiger partial charge in [0.25, 0.3) is 20.0 Å². The fourth-order valence-electron chi connectivity index (χ4n) is 2.65. The number of benzene rings is 2. The first kappa shape index (κ1) is 18.1. The van der Waals surface area contributed by atoms with E-state index in [9.17, 15) is 16.8 Å². The Bertz CT molecular complexity index is 1190. The van der Waals surface area contributed by atoms with Crippen LogP contribution in [0.5, 0.6) is 0 Å². The molecule has 0 aliphatic carbocycles. The molecule has 4 rings (SSSR count). The summed E-state index contributed by atoms with van der Waals surface area (Å²) in [5.74, 6) is 0. The van der Waals surface area contributed by atoms with Crippen LogP contribution in [0.4, 0.5) is 0 Å². The van der Waals surface area contributed by atoms with E-state index in [0.717, 1.165) is 19.3 Å². The lowest BCUT2D eigenvalue weighted by atomic mass is 10.1. The van der Waals surface area contributed by atoms with E-state index < -0.39 is 20.0 Å². The van der Waals surface area contributed by atoms with Gasteiger partial charge in [0.2, 0.25) is 0 Å². The van der Waals surface area contributed by atoms with Crippen LogP contribution in [0, 0.1) is 0 Å². The Balaban J connectivity index is 1.62. The molecule has 2 heterocycles. The molecule has 0 atom stereocenters. The zero-order valence-corrected chi connectivity index (χ0v) is 16.0. The summed E-state index contributed by atoms with van der Waals surface area (Å²) in [6, 6.07) is 15.7. The Morgan fingerprint density at radius 2 is 0.929 bits per heavy atom. The summed E-state index contributed by atoms with van der Waals surface area (Å²) in [7, 11) is -7.46. The lowest BCUT2D eigenvalue weighted by Gasteiger charge is -2.08. The number of hydrogen-bond acceptors (Lipinski definition) is 6. The zero-order valence-electron chi connectivity index (χ0n) is 14.3. The average Bonchev–Trinajstić information content (AvgIpc) is 3.42. The molecule has 0 unspecified atom stereocenters. The van der Waals surface area contributed by atoms with Crippen molar-refractivity contribution >= 4 is 20.0 Å². The number of aromatic nitrogens is 4. The van der Waals surface area contributed by atoms with Crippen molar-refractivity contribution in [1.29, 1.82) is 0 Å². The predicted octanol–water partition coefficient (Wildman–Crippen LogP) is 2.22. The van der Waals surface area contributed by atoms with E-state index in [1.807, 2.05) is 0 Å². The summed E-state index contributed by atoms with van der Waals surface area (Å²) in [5.41, 5.74) is 1.50. The minimum Gasteiger partial charge on any atom is -0.199 e. The first-order valence-corrected chi connectivity index (χ1v) is 11.0. The largest absolute Gasteiger partial charge is 0.282 e. The minimum absolute atomic E-state index is 0.109. The summed E-state index contributed by atoms with van der Waals surface area (Å²) in [4.78, 5) is 0.218. The van der Waals surface area contributed by atoms with Gasteiger partial charge >= 0.3 is 0 Å². The van der Waals surface area contributed by atoms with E-state index in [1.54, 1.807) is 24.3 Å². The number of hydrogen-bond donors (Lipinski definition) is 0. The zero-order chi connectivity index (χ0) is 19.8. The summed E-state index contributed by atoms with van der Waals surface area (Å²) < 4.78 is 51.5. The van der Waals surface area contributed by atoms with Crippen molar-refractivity contribution in [2.45, 2.75) is 9.79 Å². The van der Waals surface area contributed by atoms with Gasteiger partial charge < -0.3 is 0 Å².